The van der Waals surface area contributed by atoms with Crippen LogP contribution in [0, 0.1) is 5.82 Å². The molecular weight excluding hydrogens is 353 g/mol. The highest BCUT2D eigenvalue weighted by atomic mass is 19.1. The molecule has 1 aromatic rings. The second-order valence-electron chi connectivity index (χ2n) is 7.68. The smallest absolute Gasteiger partial charge is 0.338 e. The highest BCUT2D eigenvalue weighted by molar-refractivity contribution is 5.89. The van der Waals surface area contributed by atoms with E-state index in [1.807, 2.05) is 6.92 Å². The third-order valence-corrected chi connectivity index (χ3v) is 5.68. The van der Waals surface area contributed by atoms with E-state index in [1.54, 1.807) is 0 Å². The average Bonchev–Trinajstić information content (AvgIpc) is 3.25. The van der Waals surface area contributed by atoms with Crippen molar-refractivity contribution in [2.75, 3.05) is 39.5 Å². The molecule has 148 valence electrons. The minimum absolute atomic E-state index is 0.0222. The Balaban J connectivity index is 1.36. The Morgan fingerprint density at radius 1 is 1.33 bits per heavy atom. The number of hydrogen-bond donors (Lipinski definition) is 0. The summed E-state index contributed by atoms with van der Waals surface area (Å²) in [7, 11) is 0. The molecule has 0 amide bonds. The van der Waals surface area contributed by atoms with Gasteiger partial charge in [0.05, 0.1) is 31.0 Å². The van der Waals surface area contributed by atoms with Crippen LogP contribution in [0.2, 0.25) is 0 Å². The zero-order valence-corrected chi connectivity index (χ0v) is 15.6. The molecule has 1 aromatic carbocycles. The number of ether oxygens (including phenoxy) is 4. The van der Waals surface area contributed by atoms with Crippen LogP contribution in [0.25, 0.3) is 0 Å². The molecule has 4 rings (SSSR count). The molecule has 0 saturated carbocycles. The molecular formula is C20H26FNO5. The molecule has 3 unspecified atom stereocenters. The summed E-state index contributed by atoms with van der Waals surface area (Å²) in [6.45, 7) is 6.00. The van der Waals surface area contributed by atoms with Crippen molar-refractivity contribution in [3.8, 4) is 5.75 Å². The predicted molar refractivity (Wildman–Crippen MR) is 95.5 cm³/mol. The number of nitrogens with zero attached hydrogens (tertiary/aromatic N) is 1. The van der Waals surface area contributed by atoms with Gasteiger partial charge < -0.3 is 18.9 Å². The maximum Gasteiger partial charge on any atom is 0.338 e. The van der Waals surface area contributed by atoms with Gasteiger partial charge in [-0.25, -0.2) is 9.18 Å². The fourth-order valence-corrected chi connectivity index (χ4v) is 4.13. The lowest BCUT2D eigenvalue weighted by molar-refractivity contribution is 0.00199. The van der Waals surface area contributed by atoms with E-state index in [4.69, 9.17) is 18.9 Å². The van der Waals surface area contributed by atoms with Crippen LogP contribution < -0.4 is 4.74 Å². The molecule has 3 fully saturated rings. The van der Waals surface area contributed by atoms with Crippen molar-refractivity contribution in [3.63, 3.8) is 0 Å². The van der Waals surface area contributed by atoms with E-state index >= 15 is 0 Å². The van der Waals surface area contributed by atoms with Gasteiger partial charge in [0.25, 0.3) is 0 Å². The van der Waals surface area contributed by atoms with Crippen LogP contribution in [-0.2, 0) is 14.2 Å². The lowest BCUT2D eigenvalue weighted by atomic mass is 9.86. The largest absolute Gasteiger partial charge is 0.482 e. The third-order valence-electron chi connectivity index (χ3n) is 5.68. The van der Waals surface area contributed by atoms with Gasteiger partial charge in [-0.1, -0.05) is 0 Å². The van der Waals surface area contributed by atoms with Gasteiger partial charge in [-0.15, -0.1) is 0 Å². The molecule has 3 aliphatic rings. The molecule has 7 heteroatoms. The number of halogens is 1. The van der Waals surface area contributed by atoms with Gasteiger partial charge in [-0.05, 0) is 38.0 Å². The van der Waals surface area contributed by atoms with Crippen molar-refractivity contribution in [3.05, 3.63) is 29.6 Å². The number of hydrogen-bond acceptors (Lipinski definition) is 6. The van der Waals surface area contributed by atoms with Gasteiger partial charge >= 0.3 is 5.97 Å². The Labute approximate surface area is 158 Å². The first-order chi connectivity index (χ1) is 13.0. The zero-order valence-electron chi connectivity index (χ0n) is 15.6. The predicted octanol–water partition coefficient (Wildman–Crippen LogP) is 2.40. The SMILES string of the molecule is CC1(Oc2cc(C(=O)OCCN3CCOCC3)ccc2F)CC2CCC1O2. The van der Waals surface area contributed by atoms with Gasteiger partial charge in [0.15, 0.2) is 11.6 Å². The molecule has 27 heavy (non-hydrogen) atoms. The third kappa shape index (κ3) is 4.10. The summed E-state index contributed by atoms with van der Waals surface area (Å²) < 4.78 is 36.7. The number of carbonyl (C=O) groups excluding carboxylic acids is 1. The van der Waals surface area contributed by atoms with E-state index in [9.17, 15) is 9.18 Å². The molecule has 0 aliphatic carbocycles. The summed E-state index contributed by atoms with van der Waals surface area (Å²) in [5.74, 6) is -0.873. The number of rotatable bonds is 6. The summed E-state index contributed by atoms with van der Waals surface area (Å²) in [5.41, 5.74) is -0.260. The van der Waals surface area contributed by atoms with E-state index in [1.165, 1.54) is 18.2 Å². The Morgan fingerprint density at radius 2 is 2.15 bits per heavy atom. The summed E-state index contributed by atoms with van der Waals surface area (Å²) in [5, 5.41) is 0. The van der Waals surface area contributed by atoms with Gasteiger partial charge in [0.1, 0.15) is 12.2 Å². The monoisotopic (exact) mass is 379 g/mol. The molecule has 0 N–H and O–H groups in total. The van der Waals surface area contributed by atoms with E-state index in [2.05, 4.69) is 4.90 Å². The molecule has 0 spiro atoms. The fourth-order valence-electron chi connectivity index (χ4n) is 4.13. The summed E-state index contributed by atoms with van der Waals surface area (Å²) >= 11 is 0. The van der Waals surface area contributed by atoms with Crippen LogP contribution in [0.5, 0.6) is 5.75 Å². The normalized spacial score (nSPS) is 30.4. The Morgan fingerprint density at radius 3 is 2.85 bits per heavy atom. The number of carbonyl (C=O) groups is 1. The Hall–Kier alpha value is -1.70. The van der Waals surface area contributed by atoms with Gasteiger partial charge in [-0.3, -0.25) is 4.90 Å². The summed E-state index contributed by atoms with van der Waals surface area (Å²) in [6, 6.07) is 4.12. The molecule has 0 radical (unpaired) electrons. The number of esters is 1. The van der Waals surface area contributed by atoms with Gasteiger partial charge in [-0.2, -0.15) is 0 Å². The first-order valence-corrected chi connectivity index (χ1v) is 9.65. The van der Waals surface area contributed by atoms with Crippen molar-refractivity contribution < 1.29 is 28.1 Å². The number of morpholine rings is 1. The Kier molecular flexibility index (Phi) is 5.34. The second-order valence-corrected chi connectivity index (χ2v) is 7.68. The van der Waals surface area contributed by atoms with Gasteiger partial charge in [0, 0.05) is 26.1 Å². The maximum atomic E-state index is 14.3. The van der Waals surface area contributed by atoms with Crippen molar-refractivity contribution in [2.24, 2.45) is 0 Å². The quantitative estimate of drug-likeness (QED) is 0.708. The van der Waals surface area contributed by atoms with E-state index < -0.39 is 17.4 Å². The minimum Gasteiger partial charge on any atom is -0.482 e. The van der Waals surface area contributed by atoms with Crippen LogP contribution in [-0.4, -0.2) is 68.1 Å². The van der Waals surface area contributed by atoms with Crippen molar-refractivity contribution in [1.82, 2.24) is 4.90 Å². The van der Waals surface area contributed by atoms with Crippen molar-refractivity contribution in [2.45, 2.75) is 44.0 Å². The minimum atomic E-state index is -0.553. The maximum absolute atomic E-state index is 14.3. The lowest BCUT2D eigenvalue weighted by Crippen LogP contribution is -2.42. The molecule has 3 saturated heterocycles. The van der Waals surface area contributed by atoms with E-state index in [-0.39, 0.29) is 18.0 Å². The second kappa shape index (κ2) is 7.73. The molecule has 3 atom stereocenters. The molecule has 3 heterocycles. The standard InChI is InChI=1S/C20H26FNO5/c1-20(13-15-3-5-18(20)26-15)27-17-12-14(2-4-16(17)21)19(23)25-11-8-22-6-9-24-10-7-22/h2,4,12,15,18H,3,5-11,13H2,1H3. The van der Waals surface area contributed by atoms with Crippen molar-refractivity contribution in [1.29, 1.82) is 0 Å². The molecule has 6 nitrogen and oxygen atoms in total. The van der Waals surface area contributed by atoms with Crippen LogP contribution in [0.3, 0.4) is 0 Å². The van der Waals surface area contributed by atoms with Crippen molar-refractivity contribution >= 4 is 5.97 Å². The van der Waals surface area contributed by atoms with E-state index in [0.29, 0.717) is 31.9 Å². The fraction of sp³-hybridized carbons (Fsp3) is 0.650. The molecule has 3 aliphatic heterocycles. The number of benzene rings is 1. The Bertz CT molecular complexity index is 693. The zero-order chi connectivity index (χ0) is 18.9. The van der Waals surface area contributed by atoms with Crippen LogP contribution in [0.15, 0.2) is 18.2 Å². The molecule has 0 aromatic heterocycles. The topological polar surface area (TPSA) is 57.2 Å². The highest BCUT2D eigenvalue weighted by Crippen LogP contribution is 2.44. The first kappa shape index (κ1) is 18.7. The average molecular weight is 379 g/mol. The van der Waals surface area contributed by atoms with Crippen LogP contribution in [0.4, 0.5) is 4.39 Å². The number of fused-ring (bicyclic) bond motifs is 2. The summed E-state index contributed by atoms with van der Waals surface area (Å²) in [6.07, 6.45) is 2.86. The van der Waals surface area contributed by atoms with Crippen LogP contribution >= 0.6 is 0 Å². The molecule has 2 bridgehead atoms. The first-order valence-electron chi connectivity index (χ1n) is 9.65. The van der Waals surface area contributed by atoms with E-state index in [0.717, 1.165) is 32.4 Å². The van der Waals surface area contributed by atoms with Crippen LogP contribution in [0.1, 0.15) is 36.5 Å². The highest BCUT2D eigenvalue weighted by Gasteiger charge is 2.51. The lowest BCUT2D eigenvalue weighted by Gasteiger charge is -2.32. The summed E-state index contributed by atoms with van der Waals surface area (Å²) in [4.78, 5) is 14.5. The van der Waals surface area contributed by atoms with Gasteiger partial charge in [0.2, 0.25) is 0 Å².